The van der Waals surface area contributed by atoms with Crippen LogP contribution in [0.1, 0.15) is 11.1 Å². The molecule has 0 bridgehead atoms. The number of rotatable bonds is 2. The summed E-state index contributed by atoms with van der Waals surface area (Å²) in [5, 5.41) is 4.12. The van der Waals surface area contributed by atoms with Gasteiger partial charge in [0.15, 0.2) is 0 Å². The average Bonchev–Trinajstić information content (AvgIpc) is 2.27. The number of nitrogens with one attached hydrogen (secondary N) is 1. The standard InChI is InChI=1S/C14H15ClN2/c1-9-3-5-12(16)8-14(9)17-13-6-4-11(15)7-10(13)2/h3-8,17H,16H2,1-2H3. The minimum atomic E-state index is 0.748. The number of aryl methyl sites for hydroxylation is 2. The van der Waals surface area contributed by atoms with Gasteiger partial charge < -0.3 is 11.1 Å². The lowest BCUT2D eigenvalue weighted by molar-refractivity contribution is 1.39. The first-order chi connectivity index (χ1) is 8.06. The van der Waals surface area contributed by atoms with Gasteiger partial charge in [-0.15, -0.1) is 0 Å². The molecular weight excluding hydrogens is 232 g/mol. The van der Waals surface area contributed by atoms with Gasteiger partial charge in [-0.05, 0) is 55.3 Å². The van der Waals surface area contributed by atoms with E-state index >= 15 is 0 Å². The van der Waals surface area contributed by atoms with E-state index in [-0.39, 0.29) is 0 Å². The Labute approximate surface area is 106 Å². The third-order valence-corrected chi connectivity index (χ3v) is 2.95. The Hall–Kier alpha value is -1.67. The Morgan fingerprint density at radius 3 is 2.41 bits per heavy atom. The van der Waals surface area contributed by atoms with E-state index in [0.717, 1.165) is 33.2 Å². The summed E-state index contributed by atoms with van der Waals surface area (Å²) in [4.78, 5) is 0. The molecule has 0 spiro atoms. The lowest BCUT2D eigenvalue weighted by atomic mass is 10.1. The fraction of sp³-hybridized carbons (Fsp3) is 0.143. The van der Waals surface area contributed by atoms with Crippen molar-refractivity contribution in [1.82, 2.24) is 0 Å². The molecule has 0 saturated carbocycles. The molecule has 0 heterocycles. The zero-order chi connectivity index (χ0) is 12.4. The summed E-state index contributed by atoms with van der Waals surface area (Å²) in [6.45, 7) is 4.07. The summed E-state index contributed by atoms with van der Waals surface area (Å²) < 4.78 is 0. The monoisotopic (exact) mass is 246 g/mol. The van der Waals surface area contributed by atoms with E-state index < -0.39 is 0 Å². The molecule has 0 unspecified atom stereocenters. The maximum atomic E-state index is 5.93. The maximum absolute atomic E-state index is 5.93. The lowest BCUT2D eigenvalue weighted by Gasteiger charge is -2.12. The van der Waals surface area contributed by atoms with E-state index in [0.29, 0.717) is 0 Å². The second kappa shape index (κ2) is 4.68. The molecule has 0 aliphatic heterocycles. The zero-order valence-corrected chi connectivity index (χ0v) is 10.7. The van der Waals surface area contributed by atoms with Gasteiger partial charge in [-0.25, -0.2) is 0 Å². The van der Waals surface area contributed by atoms with Gasteiger partial charge >= 0.3 is 0 Å². The van der Waals surface area contributed by atoms with E-state index in [1.165, 1.54) is 0 Å². The van der Waals surface area contributed by atoms with Crippen LogP contribution in [0.5, 0.6) is 0 Å². The van der Waals surface area contributed by atoms with Gasteiger partial charge in [0, 0.05) is 22.1 Å². The normalized spacial score (nSPS) is 10.3. The molecule has 0 aromatic heterocycles. The van der Waals surface area contributed by atoms with Crippen LogP contribution in [0.25, 0.3) is 0 Å². The number of nitrogen functional groups attached to an aromatic ring is 1. The van der Waals surface area contributed by atoms with Crippen LogP contribution in [0.15, 0.2) is 36.4 Å². The maximum Gasteiger partial charge on any atom is 0.0434 e. The molecule has 0 amide bonds. The van der Waals surface area contributed by atoms with Crippen molar-refractivity contribution >= 4 is 28.7 Å². The van der Waals surface area contributed by atoms with Crippen LogP contribution in [0.3, 0.4) is 0 Å². The van der Waals surface area contributed by atoms with Crippen molar-refractivity contribution in [2.24, 2.45) is 0 Å². The van der Waals surface area contributed by atoms with Crippen molar-refractivity contribution in [3.63, 3.8) is 0 Å². The second-order valence-electron chi connectivity index (χ2n) is 4.16. The molecule has 0 radical (unpaired) electrons. The SMILES string of the molecule is Cc1cc(Cl)ccc1Nc1cc(N)ccc1C. The molecule has 2 aromatic rings. The molecule has 0 atom stereocenters. The Kier molecular flexibility index (Phi) is 3.25. The number of nitrogens with two attached hydrogens (primary N) is 1. The Balaban J connectivity index is 2.34. The minimum absolute atomic E-state index is 0.748. The molecule has 0 saturated heterocycles. The van der Waals surface area contributed by atoms with Crippen LogP contribution < -0.4 is 11.1 Å². The van der Waals surface area contributed by atoms with Crippen molar-refractivity contribution in [2.45, 2.75) is 13.8 Å². The second-order valence-corrected chi connectivity index (χ2v) is 4.60. The predicted molar refractivity (Wildman–Crippen MR) is 75.1 cm³/mol. The van der Waals surface area contributed by atoms with Crippen LogP contribution in [0, 0.1) is 13.8 Å². The molecule has 88 valence electrons. The van der Waals surface area contributed by atoms with Crippen molar-refractivity contribution < 1.29 is 0 Å². The number of hydrogen-bond acceptors (Lipinski definition) is 2. The Morgan fingerprint density at radius 2 is 1.71 bits per heavy atom. The molecule has 3 N–H and O–H groups in total. The lowest BCUT2D eigenvalue weighted by Crippen LogP contribution is -1.96. The summed E-state index contributed by atoms with van der Waals surface area (Å²) in [6.07, 6.45) is 0. The van der Waals surface area contributed by atoms with Crippen molar-refractivity contribution in [3.05, 3.63) is 52.5 Å². The first-order valence-corrected chi connectivity index (χ1v) is 5.83. The molecule has 0 aliphatic rings. The van der Waals surface area contributed by atoms with Crippen LogP contribution in [-0.2, 0) is 0 Å². The number of benzene rings is 2. The highest BCUT2D eigenvalue weighted by Gasteiger charge is 2.02. The van der Waals surface area contributed by atoms with E-state index in [1.54, 1.807) is 0 Å². The molecule has 2 rings (SSSR count). The quantitative estimate of drug-likeness (QED) is 0.776. The molecule has 0 fully saturated rings. The topological polar surface area (TPSA) is 38.0 Å². The highest BCUT2D eigenvalue weighted by molar-refractivity contribution is 6.30. The number of hydrogen-bond donors (Lipinski definition) is 2. The first kappa shape index (κ1) is 11.8. The van der Waals surface area contributed by atoms with E-state index in [1.807, 2.05) is 50.2 Å². The molecule has 2 nitrogen and oxygen atoms in total. The number of halogens is 1. The summed E-state index contributed by atoms with van der Waals surface area (Å²) >= 11 is 5.93. The summed E-state index contributed by atoms with van der Waals surface area (Å²) in [5.41, 5.74) is 10.9. The van der Waals surface area contributed by atoms with E-state index in [4.69, 9.17) is 17.3 Å². The van der Waals surface area contributed by atoms with Gasteiger partial charge in [-0.1, -0.05) is 17.7 Å². The molecule has 2 aromatic carbocycles. The van der Waals surface area contributed by atoms with Crippen LogP contribution in [0.4, 0.5) is 17.1 Å². The van der Waals surface area contributed by atoms with Gasteiger partial charge in [-0.2, -0.15) is 0 Å². The Bertz CT molecular complexity index is 550. The fourth-order valence-corrected chi connectivity index (χ4v) is 1.91. The van der Waals surface area contributed by atoms with Crippen LogP contribution in [0.2, 0.25) is 5.02 Å². The molecule has 3 heteroatoms. The van der Waals surface area contributed by atoms with Crippen LogP contribution in [-0.4, -0.2) is 0 Å². The van der Waals surface area contributed by atoms with E-state index in [2.05, 4.69) is 5.32 Å². The van der Waals surface area contributed by atoms with Crippen molar-refractivity contribution in [2.75, 3.05) is 11.1 Å². The van der Waals surface area contributed by atoms with Gasteiger partial charge in [0.1, 0.15) is 0 Å². The minimum Gasteiger partial charge on any atom is -0.399 e. The molecule has 0 aliphatic carbocycles. The Morgan fingerprint density at radius 1 is 0.941 bits per heavy atom. The van der Waals surface area contributed by atoms with Crippen molar-refractivity contribution in [3.8, 4) is 0 Å². The highest BCUT2D eigenvalue weighted by atomic mass is 35.5. The van der Waals surface area contributed by atoms with Crippen molar-refractivity contribution in [1.29, 1.82) is 0 Å². The van der Waals surface area contributed by atoms with E-state index in [9.17, 15) is 0 Å². The zero-order valence-electron chi connectivity index (χ0n) is 9.92. The predicted octanol–water partition coefficient (Wildman–Crippen LogP) is 4.28. The highest BCUT2D eigenvalue weighted by Crippen LogP contribution is 2.26. The molecular formula is C14H15ClN2. The molecule has 17 heavy (non-hydrogen) atoms. The summed E-state index contributed by atoms with van der Waals surface area (Å²) in [5.74, 6) is 0. The average molecular weight is 247 g/mol. The van der Waals surface area contributed by atoms with Crippen LogP contribution >= 0.6 is 11.6 Å². The van der Waals surface area contributed by atoms with Gasteiger partial charge in [0.25, 0.3) is 0 Å². The largest absolute Gasteiger partial charge is 0.399 e. The number of anilines is 3. The van der Waals surface area contributed by atoms with Gasteiger partial charge in [0.05, 0.1) is 0 Å². The summed E-state index contributed by atoms with van der Waals surface area (Å²) in [7, 11) is 0. The first-order valence-electron chi connectivity index (χ1n) is 5.45. The third-order valence-electron chi connectivity index (χ3n) is 2.72. The van der Waals surface area contributed by atoms with Gasteiger partial charge in [-0.3, -0.25) is 0 Å². The smallest absolute Gasteiger partial charge is 0.0434 e. The van der Waals surface area contributed by atoms with Gasteiger partial charge in [0.2, 0.25) is 0 Å². The summed E-state index contributed by atoms with van der Waals surface area (Å²) in [6, 6.07) is 11.6. The third kappa shape index (κ3) is 2.71. The fourth-order valence-electron chi connectivity index (χ4n) is 1.69.